The van der Waals surface area contributed by atoms with Gasteiger partial charge in [-0.05, 0) is 79.3 Å². The second-order valence-electron chi connectivity index (χ2n) is 9.33. The molecule has 2 aliphatic rings. The first-order valence-corrected chi connectivity index (χ1v) is 9.91. The molecule has 142 valence electrons. The van der Waals surface area contributed by atoms with Crippen molar-refractivity contribution in [1.29, 1.82) is 0 Å². The average molecular weight is 340 g/mol. The van der Waals surface area contributed by atoms with Crippen LogP contribution in [0.4, 0.5) is 0 Å². The van der Waals surface area contributed by atoms with Crippen LogP contribution in [0, 0.1) is 0 Å². The van der Waals surface area contributed by atoms with E-state index in [-0.39, 0.29) is 16.6 Å². The fourth-order valence-electron chi connectivity index (χ4n) is 5.37. The Bertz CT molecular complexity index is 369. The van der Waals surface area contributed by atoms with Gasteiger partial charge in [-0.1, -0.05) is 0 Å². The second-order valence-corrected chi connectivity index (χ2v) is 9.33. The molecule has 0 radical (unpaired) electrons. The van der Waals surface area contributed by atoms with E-state index in [2.05, 4.69) is 43.2 Å². The standard InChI is InChI=1S/C19H41N5/c1-17(2)13-16(14-18(3,4)23-17)24-12-11-22-15-19(24,7-5-9-20)8-6-10-21/h16,22-23H,5-15,20-21H2,1-4H3. The van der Waals surface area contributed by atoms with Crippen molar-refractivity contribution in [2.24, 2.45) is 11.5 Å². The summed E-state index contributed by atoms with van der Waals surface area (Å²) in [6, 6.07) is 0.633. The van der Waals surface area contributed by atoms with Gasteiger partial charge in [0.15, 0.2) is 0 Å². The van der Waals surface area contributed by atoms with E-state index in [9.17, 15) is 0 Å². The van der Waals surface area contributed by atoms with Crippen molar-refractivity contribution in [3.8, 4) is 0 Å². The summed E-state index contributed by atoms with van der Waals surface area (Å²) < 4.78 is 0. The highest BCUT2D eigenvalue weighted by Crippen LogP contribution is 2.38. The molecule has 2 heterocycles. The minimum absolute atomic E-state index is 0.185. The van der Waals surface area contributed by atoms with Gasteiger partial charge in [-0.15, -0.1) is 0 Å². The van der Waals surface area contributed by atoms with E-state index in [1.165, 1.54) is 25.7 Å². The summed E-state index contributed by atoms with van der Waals surface area (Å²) in [5, 5.41) is 7.50. The van der Waals surface area contributed by atoms with Crippen LogP contribution in [0.25, 0.3) is 0 Å². The zero-order valence-electron chi connectivity index (χ0n) is 16.5. The first-order chi connectivity index (χ1) is 11.2. The molecule has 0 aromatic rings. The minimum Gasteiger partial charge on any atom is -0.330 e. The fraction of sp³-hybridized carbons (Fsp3) is 1.00. The Balaban J connectivity index is 2.24. The fourth-order valence-corrected chi connectivity index (χ4v) is 5.37. The van der Waals surface area contributed by atoms with E-state index in [0.717, 1.165) is 45.6 Å². The number of piperidine rings is 1. The minimum atomic E-state index is 0.185. The van der Waals surface area contributed by atoms with Crippen molar-refractivity contribution in [2.75, 3.05) is 32.7 Å². The molecule has 0 aromatic heterocycles. The van der Waals surface area contributed by atoms with Crippen LogP contribution in [0.3, 0.4) is 0 Å². The van der Waals surface area contributed by atoms with E-state index in [0.29, 0.717) is 6.04 Å². The number of hydrogen-bond acceptors (Lipinski definition) is 5. The van der Waals surface area contributed by atoms with Crippen LogP contribution in [0.5, 0.6) is 0 Å². The van der Waals surface area contributed by atoms with Crippen LogP contribution < -0.4 is 22.1 Å². The summed E-state index contributed by atoms with van der Waals surface area (Å²) in [4.78, 5) is 2.85. The first-order valence-electron chi connectivity index (χ1n) is 9.91. The Kier molecular flexibility index (Phi) is 6.71. The number of nitrogens with two attached hydrogens (primary N) is 2. The van der Waals surface area contributed by atoms with Crippen molar-refractivity contribution in [2.45, 2.75) is 88.9 Å². The Morgan fingerprint density at radius 3 is 2.00 bits per heavy atom. The maximum absolute atomic E-state index is 5.87. The van der Waals surface area contributed by atoms with Gasteiger partial charge in [-0.25, -0.2) is 0 Å². The highest BCUT2D eigenvalue weighted by atomic mass is 15.3. The third-order valence-electron chi connectivity index (χ3n) is 5.89. The summed E-state index contributed by atoms with van der Waals surface area (Å²) >= 11 is 0. The van der Waals surface area contributed by atoms with Gasteiger partial charge in [-0.2, -0.15) is 0 Å². The monoisotopic (exact) mass is 339 g/mol. The summed E-state index contributed by atoms with van der Waals surface area (Å²) in [5.41, 5.74) is 12.3. The van der Waals surface area contributed by atoms with Crippen LogP contribution in [0.2, 0.25) is 0 Å². The Labute approximate surface area is 149 Å². The van der Waals surface area contributed by atoms with Gasteiger partial charge in [0.25, 0.3) is 0 Å². The summed E-state index contributed by atoms with van der Waals surface area (Å²) in [5.74, 6) is 0. The molecule has 0 amide bonds. The quantitative estimate of drug-likeness (QED) is 0.564. The topological polar surface area (TPSA) is 79.3 Å². The summed E-state index contributed by atoms with van der Waals surface area (Å²) in [6.45, 7) is 14.3. The normalized spacial score (nSPS) is 27.2. The molecule has 2 aliphatic heterocycles. The molecule has 24 heavy (non-hydrogen) atoms. The molecule has 5 nitrogen and oxygen atoms in total. The lowest BCUT2D eigenvalue weighted by Gasteiger charge is -2.57. The Hall–Kier alpha value is -0.200. The van der Waals surface area contributed by atoms with Gasteiger partial charge < -0.3 is 22.1 Å². The predicted octanol–water partition coefficient (Wildman–Crippen LogP) is 1.42. The molecule has 5 heteroatoms. The van der Waals surface area contributed by atoms with Crippen molar-refractivity contribution in [3.05, 3.63) is 0 Å². The zero-order valence-corrected chi connectivity index (χ0v) is 16.5. The zero-order chi connectivity index (χ0) is 17.8. The Morgan fingerprint density at radius 1 is 0.958 bits per heavy atom. The highest BCUT2D eigenvalue weighted by Gasteiger charge is 2.46. The van der Waals surface area contributed by atoms with E-state index in [1.807, 2.05) is 0 Å². The molecule has 2 fully saturated rings. The Morgan fingerprint density at radius 2 is 1.50 bits per heavy atom. The SMILES string of the molecule is CC1(C)CC(N2CCNCC2(CCCN)CCCN)CC(C)(C)N1. The van der Waals surface area contributed by atoms with Crippen molar-refractivity contribution < 1.29 is 0 Å². The van der Waals surface area contributed by atoms with Gasteiger partial charge in [0.2, 0.25) is 0 Å². The third-order valence-corrected chi connectivity index (χ3v) is 5.89. The van der Waals surface area contributed by atoms with E-state index in [1.54, 1.807) is 0 Å². The van der Waals surface area contributed by atoms with E-state index in [4.69, 9.17) is 11.5 Å². The van der Waals surface area contributed by atoms with Crippen molar-refractivity contribution in [3.63, 3.8) is 0 Å². The lowest BCUT2D eigenvalue weighted by atomic mass is 9.75. The van der Waals surface area contributed by atoms with Crippen LogP contribution in [-0.2, 0) is 0 Å². The maximum atomic E-state index is 5.87. The van der Waals surface area contributed by atoms with Gasteiger partial charge in [0.05, 0.1) is 0 Å². The molecule has 0 aromatic carbocycles. The molecule has 0 spiro atoms. The van der Waals surface area contributed by atoms with Crippen LogP contribution in [0.15, 0.2) is 0 Å². The smallest absolute Gasteiger partial charge is 0.0338 e. The largest absolute Gasteiger partial charge is 0.330 e. The number of piperazine rings is 1. The maximum Gasteiger partial charge on any atom is 0.0338 e. The highest BCUT2D eigenvalue weighted by molar-refractivity contribution is 5.06. The lowest BCUT2D eigenvalue weighted by Crippen LogP contribution is -2.69. The number of nitrogens with one attached hydrogen (secondary N) is 2. The van der Waals surface area contributed by atoms with Crippen molar-refractivity contribution in [1.82, 2.24) is 15.5 Å². The summed E-state index contributed by atoms with van der Waals surface area (Å²) in [6.07, 6.45) is 6.98. The van der Waals surface area contributed by atoms with Crippen LogP contribution >= 0.6 is 0 Å². The molecule has 0 bridgehead atoms. The molecular formula is C19H41N5. The van der Waals surface area contributed by atoms with Gasteiger partial charge >= 0.3 is 0 Å². The van der Waals surface area contributed by atoms with Crippen molar-refractivity contribution >= 4 is 0 Å². The molecule has 2 saturated heterocycles. The van der Waals surface area contributed by atoms with E-state index >= 15 is 0 Å². The predicted molar refractivity (Wildman–Crippen MR) is 103 cm³/mol. The average Bonchev–Trinajstić information content (AvgIpc) is 2.48. The molecule has 0 aliphatic carbocycles. The van der Waals surface area contributed by atoms with Gasteiger partial charge in [0, 0.05) is 42.3 Å². The molecule has 6 N–H and O–H groups in total. The van der Waals surface area contributed by atoms with E-state index < -0.39 is 0 Å². The molecular weight excluding hydrogens is 298 g/mol. The number of rotatable bonds is 7. The third kappa shape index (κ3) is 4.92. The van der Waals surface area contributed by atoms with Crippen LogP contribution in [-0.4, -0.2) is 60.3 Å². The number of hydrogen-bond donors (Lipinski definition) is 4. The van der Waals surface area contributed by atoms with Crippen LogP contribution in [0.1, 0.15) is 66.2 Å². The second kappa shape index (κ2) is 8.00. The first kappa shape index (κ1) is 20.1. The lowest BCUT2D eigenvalue weighted by molar-refractivity contribution is -0.0353. The van der Waals surface area contributed by atoms with Gasteiger partial charge in [0.1, 0.15) is 0 Å². The summed E-state index contributed by atoms with van der Waals surface area (Å²) in [7, 11) is 0. The molecule has 0 saturated carbocycles. The van der Waals surface area contributed by atoms with Gasteiger partial charge in [-0.3, -0.25) is 4.90 Å². The molecule has 2 rings (SSSR count). The molecule has 0 atom stereocenters. The number of nitrogens with zero attached hydrogens (tertiary/aromatic N) is 1. The molecule has 0 unspecified atom stereocenters.